The number of hydrogen-bond donors (Lipinski definition) is 1. The highest BCUT2D eigenvalue weighted by Gasteiger charge is 2.14. The van der Waals surface area contributed by atoms with E-state index in [1.807, 2.05) is 0 Å². The van der Waals surface area contributed by atoms with Crippen LogP contribution >= 0.6 is 0 Å². The van der Waals surface area contributed by atoms with Gasteiger partial charge >= 0.3 is 5.97 Å². The monoisotopic (exact) mass is 389 g/mol. The van der Waals surface area contributed by atoms with Gasteiger partial charge in [0.15, 0.2) is 6.61 Å². The van der Waals surface area contributed by atoms with E-state index in [2.05, 4.69) is 5.32 Å². The maximum atomic E-state index is 12.1. The van der Waals surface area contributed by atoms with E-state index in [9.17, 15) is 9.59 Å². The molecule has 0 spiro atoms. The van der Waals surface area contributed by atoms with Crippen LogP contribution in [-0.4, -0.2) is 46.9 Å². The van der Waals surface area contributed by atoms with Crippen LogP contribution in [0.3, 0.4) is 0 Å². The van der Waals surface area contributed by atoms with Crippen LogP contribution in [0.4, 0.5) is 5.69 Å². The number of esters is 1. The number of carbonyl (C=O) groups excluding carboxylic acids is 2. The van der Waals surface area contributed by atoms with E-state index < -0.39 is 18.5 Å². The zero-order chi connectivity index (χ0) is 20.5. The molecule has 0 saturated heterocycles. The first kappa shape index (κ1) is 20.9. The van der Waals surface area contributed by atoms with Gasteiger partial charge in [0.2, 0.25) is 0 Å². The van der Waals surface area contributed by atoms with Crippen molar-refractivity contribution in [3.63, 3.8) is 0 Å². The quantitative estimate of drug-likeness (QED) is 0.659. The SMILES string of the molecule is COc1ccc(CC(=O)OCC(=O)Nc2ccc(OC)cc2OC)c(OC)c1. The molecule has 2 aromatic carbocycles. The minimum absolute atomic E-state index is 0.0354. The van der Waals surface area contributed by atoms with Gasteiger partial charge in [0.1, 0.15) is 23.0 Å². The third-order valence-corrected chi connectivity index (χ3v) is 3.88. The summed E-state index contributed by atoms with van der Waals surface area (Å²) in [5.74, 6) is 1.10. The Morgan fingerprint density at radius 1 is 0.821 bits per heavy atom. The third-order valence-electron chi connectivity index (χ3n) is 3.88. The largest absolute Gasteiger partial charge is 0.497 e. The Morgan fingerprint density at radius 3 is 2.04 bits per heavy atom. The molecule has 0 bridgehead atoms. The van der Waals surface area contributed by atoms with Crippen LogP contribution in [0.25, 0.3) is 0 Å². The summed E-state index contributed by atoms with van der Waals surface area (Å²) < 4.78 is 25.7. The molecule has 150 valence electrons. The predicted molar refractivity (Wildman–Crippen MR) is 102 cm³/mol. The first-order chi connectivity index (χ1) is 13.5. The van der Waals surface area contributed by atoms with E-state index in [0.29, 0.717) is 34.2 Å². The first-order valence-electron chi connectivity index (χ1n) is 8.39. The number of carbonyl (C=O) groups is 2. The van der Waals surface area contributed by atoms with E-state index in [1.165, 1.54) is 21.3 Å². The van der Waals surface area contributed by atoms with Gasteiger partial charge < -0.3 is 29.0 Å². The molecule has 0 radical (unpaired) electrons. The second kappa shape index (κ2) is 10.1. The van der Waals surface area contributed by atoms with E-state index in [0.717, 1.165) is 0 Å². The van der Waals surface area contributed by atoms with Gasteiger partial charge in [-0.2, -0.15) is 0 Å². The number of methoxy groups -OCH3 is 4. The molecule has 1 N–H and O–H groups in total. The van der Waals surface area contributed by atoms with Crippen LogP contribution in [0.1, 0.15) is 5.56 Å². The van der Waals surface area contributed by atoms with Gasteiger partial charge in [-0.3, -0.25) is 9.59 Å². The van der Waals surface area contributed by atoms with Crippen LogP contribution in [-0.2, 0) is 20.7 Å². The van der Waals surface area contributed by atoms with Gasteiger partial charge in [0.05, 0.1) is 40.5 Å². The van der Waals surface area contributed by atoms with E-state index >= 15 is 0 Å². The predicted octanol–water partition coefficient (Wildman–Crippen LogP) is 2.45. The molecule has 0 fully saturated rings. The van der Waals surface area contributed by atoms with Gasteiger partial charge in [-0.15, -0.1) is 0 Å². The molecule has 0 aliphatic carbocycles. The van der Waals surface area contributed by atoms with Crippen molar-refractivity contribution in [3.05, 3.63) is 42.0 Å². The van der Waals surface area contributed by atoms with Crippen LogP contribution in [0.5, 0.6) is 23.0 Å². The summed E-state index contributed by atoms with van der Waals surface area (Å²) in [6, 6.07) is 10.1. The van der Waals surface area contributed by atoms with E-state index in [4.69, 9.17) is 23.7 Å². The van der Waals surface area contributed by atoms with Crippen molar-refractivity contribution in [1.82, 2.24) is 0 Å². The minimum atomic E-state index is -0.555. The lowest BCUT2D eigenvalue weighted by Gasteiger charge is -2.12. The second-order valence-corrected chi connectivity index (χ2v) is 5.63. The fourth-order valence-corrected chi connectivity index (χ4v) is 2.44. The van der Waals surface area contributed by atoms with Crippen molar-refractivity contribution in [3.8, 4) is 23.0 Å². The molecule has 28 heavy (non-hydrogen) atoms. The number of benzene rings is 2. The average molecular weight is 389 g/mol. The molecule has 0 unspecified atom stereocenters. The Balaban J connectivity index is 1.92. The summed E-state index contributed by atoms with van der Waals surface area (Å²) in [4.78, 5) is 24.2. The number of rotatable bonds is 9. The standard InChI is InChI=1S/C20H23NO7/c1-24-14-6-5-13(17(10-14)26-3)9-20(23)28-12-19(22)21-16-8-7-15(25-2)11-18(16)27-4/h5-8,10-11H,9,12H2,1-4H3,(H,21,22). The molecule has 0 heterocycles. The first-order valence-corrected chi connectivity index (χ1v) is 8.39. The van der Waals surface area contributed by atoms with Gasteiger partial charge in [0.25, 0.3) is 5.91 Å². The molecule has 8 heteroatoms. The summed E-state index contributed by atoms with van der Waals surface area (Å²) >= 11 is 0. The molecule has 0 aliphatic rings. The number of amides is 1. The Labute approximate surface area is 163 Å². The molecular formula is C20H23NO7. The highest BCUT2D eigenvalue weighted by atomic mass is 16.5. The molecule has 2 rings (SSSR count). The zero-order valence-corrected chi connectivity index (χ0v) is 16.2. The lowest BCUT2D eigenvalue weighted by Crippen LogP contribution is -2.22. The fraction of sp³-hybridized carbons (Fsp3) is 0.300. The summed E-state index contributed by atoms with van der Waals surface area (Å²) in [7, 11) is 6.05. The minimum Gasteiger partial charge on any atom is -0.497 e. The van der Waals surface area contributed by atoms with Crippen LogP contribution in [0.2, 0.25) is 0 Å². The van der Waals surface area contributed by atoms with Gasteiger partial charge in [-0.1, -0.05) is 6.07 Å². The Morgan fingerprint density at radius 2 is 1.43 bits per heavy atom. The number of nitrogens with one attached hydrogen (secondary N) is 1. The normalized spacial score (nSPS) is 10.0. The number of ether oxygens (including phenoxy) is 5. The highest BCUT2D eigenvalue weighted by molar-refractivity contribution is 5.94. The molecule has 0 aliphatic heterocycles. The van der Waals surface area contributed by atoms with Crippen molar-refractivity contribution >= 4 is 17.6 Å². The van der Waals surface area contributed by atoms with E-state index in [-0.39, 0.29) is 6.42 Å². The summed E-state index contributed by atoms with van der Waals surface area (Å²) in [5, 5.41) is 2.63. The Bertz CT molecular complexity index is 766. The smallest absolute Gasteiger partial charge is 0.310 e. The maximum absolute atomic E-state index is 12.1. The Hall–Kier alpha value is -3.42. The van der Waals surface area contributed by atoms with Crippen LogP contribution in [0.15, 0.2) is 36.4 Å². The molecule has 0 aromatic heterocycles. The van der Waals surface area contributed by atoms with Crippen molar-refractivity contribution < 1.29 is 33.3 Å². The average Bonchev–Trinajstić information content (AvgIpc) is 2.72. The van der Waals surface area contributed by atoms with Crippen molar-refractivity contribution in [2.45, 2.75) is 6.42 Å². The van der Waals surface area contributed by atoms with Gasteiger partial charge in [-0.25, -0.2) is 0 Å². The van der Waals surface area contributed by atoms with Crippen molar-refractivity contribution in [2.24, 2.45) is 0 Å². The Kier molecular flexibility index (Phi) is 7.50. The molecule has 8 nitrogen and oxygen atoms in total. The number of anilines is 1. The molecule has 2 aromatic rings. The maximum Gasteiger partial charge on any atom is 0.310 e. The van der Waals surface area contributed by atoms with Gasteiger partial charge in [0, 0.05) is 17.7 Å². The van der Waals surface area contributed by atoms with Gasteiger partial charge in [-0.05, 0) is 18.2 Å². The third kappa shape index (κ3) is 5.54. The molecular weight excluding hydrogens is 366 g/mol. The van der Waals surface area contributed by atoms with Crippen molar-refractivity contribution in [1.29, 1.82) is 0 Å². The summed E-state index contributed by atoms with van der Waals surface area (Å²) in [6.45, 7) is -0.424. The lowest BCUT2D eigenvalue weighted by molar-refractivity contribution is -0.146. The second-order valence-electron chi connectivity index (χ2n) is 5.63. The highest BCUT2D eigenvalue weighted by Crippen LogP contribution is 2.29. The molecule has 1 amide bonds. The summed E-state index contributed by atoms with van der Waals surface area (Å²) in [5.41, 5.74) is 1.08. The van der Waals surface area contributed by atoms with E-state index in [1.54, 1.807) is 43.5 Å². The van der Waals surface area contributed by atoms with Crippen molar-refractivity contribution in [2.75, 3.05) is 40.4 Å². The topological polar surface area (TPSA) is 92.3 Å². The van der Waals surface area contributed by atoms with Crippen LogP contribution in [0, 0.1) is 0 Å². The van der Waals surface area contributed by atoms with Crippen LogP contribution < -0.4 is 24.3 Å². The molecule has 0 saturated carbocycles. The fourth-order valence-electron chi connectivity index (χ4n) is 2.44. The lowest BCUT2D eigenvalue weighted by atomic mass is 10.1. The number of hydrogen-bond acceptors (Lipinski definition) is 7. The summed E-state index contributed by atoms with van der Waals surface area (Å²) in [6.07, 6.45) is -0.0354. The zero-order valence-electron chi connectivity index (χ0n) is 16.2. The molecule has 0 atom stereocenters.